The van der Waals surface area contributed by atoms with Crippen LogP contribution in [-0.2, 0) is 82.6 Å². The second-order valence-electron chi connectivity index (χ2n) is 15.6. The van der Waals surface area contributed by atoms with Crippen molar-refractivity contribution >= 4 is 47.8 Å². The van der Waals surface area contributed by atoms with Crippen molar-refractivity contribution in [2.24, 2.45) is 11.3 Å². The molecular weight excluding hydrogens is 774 g/mol. The number of hydrogen-bond donors (Lipinski definition) is 2. The van der Waals surface area contributed by atoms with E-state index < -0.39 is 138 Å². The second kappa shape index (κ2) is 15.5. The summed E-state index contributed by atoms with van der Waals surface area (Å²) in [6.45, 7) is 7.30. The standard InChI is InChI=1S/C38H47NO19/c1-17(40)50-16-37-30(55-21(5)44)26(52-18(2)41)25-28(54-20(4)43)38(37)36(9,49)29(27(53-19(3)42)31(37)56-22(6)45)57-33(47)34(7,48)13-12-24-23(11-10-14-39-24)32(46)51-15-35(25,8)58-38/h10-11,14,25-31,48-49H,12-13,15-16H2,1-9H3/t25-,26-,27+,28+,29-,30-,31-,34+,35+,36-,37-,38+/m0/s1. The molecule has 4 aliphatic rings. The Morgan fingerprint density at radius 2 is 1.31 bits per heavy atom. The minimum Gasteiger partial charge on any atom is -0.465 e. The average Bonchev–Trinajstić information content (AvgIpc) is 3.32. The van der Waals surface area contributed by atoms with Gasteiger partial charge in [-0.1, -0.05) is 0 Å². The van der Waals surface area contributed by atoms with Crippen LogP contribution in [0.4, 0.5) is 0 Å². The maximum atomic E-state index is 14.2. The highest BCUT2D eigenvalue weighted by atomic mass is 16.7. The van der Waals surface area contributed by atoms with Crippen molar-refractivity contribution in [1.82, 2.24) is 4.98 Å². The maximum absolute atomic E-state index is 14.2. The van der Waals surface area contributed by atoms with Crippen molar-refractivity contribution in [3.63, 3.8) is 0 Å². The number of esters is 8. The minimum atomic E-state index is -2.93. The van der Waals surface area contributed by atoms with Crippen LogP contribution in [0.25, 0.3) is 0 Å². The van der Waals surface area contributed by atoms with Crippen LogP contribution in [-0.4, -0.2) is 135 Å². The number of hydrogen-bond acceptors (Lipinski definition) is 20. The highest BCUT2D eigenvalue weighted by Gasteiger charge is 2.92. The van der Waals surface area contributed by atoms with Crippen LogP contribution in [0.3, 0.4) is 0 Å². The molecule has 0 unspecified atom stereocenters. The fourth-order valence-corrected chi connectivity index (χ4v) is 9.15. The fourth-order valence-electron chi connectivity index (χ4n) is 9.15. The lowest BCUT2D eigenvalue weighted by molar-refractivity contribution is -0.387. The predicted molar refractivity (Wildman–Crippen MR) is 187 cm³/mol. The van der Waals surface area contributed by atoms with E-state index in [4.69, 9.17) is 42.6 Å². The van der Waals surface area contributed by atoms with Crippen LogP contribution in [0.15, 0.2) is 18.3 Å². The first-order chi connectivity index (χ1) is 26.9. The first kappa shape index (κ1) is 43.9. The third kappa shape index (κ3) is 7.25. The molecule has 20 heteroatoms. The van der Waals surface area contributed by atoms with Crippen LogP contribution >= 0.6 is 0 Å². The van der Waals surface area contributed by atoms with E-state index in [9.17, 15) is 48.6 Å². The summed E-state index contributed by atoms with van der Waals surface area (Å²) in [4.78, 5) is 111. The van der Waals surface area contributed by atoms with E-state index in [1.54, 1.807) is 0 Å². The number of cyclic esters (lactones) is 1. The van der Waals surface area contributed by atoms with Crippen LogP contribution in [0.1, 0.15) is 84.8 Å². The van der Waals surface area contributed by atoms with Crippen molar-refractivity contribution in [2.45, 2.75) is 134 Å². The Morgan fingerprint density at radius 1 is 0.776 bits per heavy atom. The number of carbonyl (C=O) groups excluding carboxylic acids is 8. The van der Waals surface area contributed by atoms with Crippen molar-refractivity contribution < 1.29 is 91.2 Å². The van der Waals surface area contributed by atoms with Gasteiger partial charge in [0.1, 0.15) is 42.0 Å². The Bertz CT molecular complexity index is 1890. The maximum Gasteiger partial charge on any atom is 0.340 e. The van der Waals surface area contributed by atoms with Gasteiger partial charge in [-0.05, 0) is 45.7 Å². The molecule has 3 fully saturated rings. The van der Waals surface area contributed by atoms with Crippen LogP contribution in [0, 0.1) is 11.3 Å². The molecule has 2 aliphatic heterocycles. The van der Waals surface area contributed by atoms with E-state index in [0.29, 0.717) is 0 Å². The number of aliphatic hydroxyl groups is 2. The Balaban J connectivity index is 2.01. The number of fused-ring (bicyclic) bond motifs is 5. The zero-order valence-corrected chi connectivity index (χ0v) is 33.4. The lowest BCUT2D eigenvalue weighted by Gasteiger charge is -2.67. The molecule has 1 aromatic heterocycles. The molecule has 318 valence electrons. The summed E-state index contributed by atoms with van der Waals surface area (Å²) >= 11 is 0. The Hall–Kier alpha value is -5.21. The number of aromatic nitrogens is 1. The van der Waals surface area contributed by atoms with Crippen molar-refractivity contribution in [3.8, 4) is 0 Å². The van der Waals surface area contributed by atoms with E-state index in [-0.39, 0.29) is 17.7 Å². The summed E-state index contributed by atoms with van der Waals surface area (Å²) in [6.07, 6.45) is -11.7. The number of carbonyl (C=O) groups is 8. The zero-order valence-electron chi connectivity index (χ0n) is 33.4. The second-order valence-corrected chi connectivity index (χ2v) is 15.6. The van der Waals surface area contributed by atoms with Gasteiger partial charge in [-0.2, -0.15) is 0 Å². The molecule has 58 heavy (non-hydrogen) atoms. The number of rotatable bonds is 7. The Labute approximate surface area is 332 Å². The topological polar surface area (TPSA) is 273 Å². The van der Waals surface area contributed by atoms with Gasteiger partial charge in [0.15, 0.2) is 35.6 Å². The molecule has 5 rings (SSSR count). The lowest BCUT2D eigenvalue weighted by atomic mass is 9.45. The molecule has 12 atom stereocenters. The molecule has 1 saturated heterocycles. The molecule has 2 saturated carbocycles. The first-order valence-electron chi connectivity index (χ1n) is 18.3. The Morgan fingerprint density at radius 3 is 1.86 bits per heavy atom. The van der Waals surface area contributed by atoms with Gasteiger partial charge in [-0.25, -0.2) is 9.59 Å². The van der Waals surface area contributed by atoms with Gasteiger partial charge in [0.2, 0.25) is 0 Å². The van der Waals surface area contributed by atoms with E-state index in [1.165, 1.54) is 25.3 Å². The highest BCUT2D eigenvalue weighted by molar-refractivity contribution is 5.90. The number of pyridine rings is 1. The number of aryl methyl sites for hydroxylation is 1. The van der Waals surface area contributed by atoms with Crippen molar-refractivity contribution in [3.05, 3.63) is 29.6 Å². The Kier molecular flexibility index (Phi) is 11.7. The molecule has 1 aromatic rings. The molecule has 0 amide bonds. The van der Waals surface area contributed by atoms with Crippen molar-refractivity contribution in [2.75, 3.05) is 13.2 Å². The molecule has 0 aromatic carbocycles. The van der Waals surface area contributed by atoms with Crippen LogP contribution in [0.5, 0.6) is 0 Å². The zero-order chi connectivity index (χ0) is 43.3. The third-order valence-corrected chi connectivity index (χ3v) is 11.2. The summed E-state index contributed by atoms with van der Waals surface area (Å²) in [5.41, 5.74) is -12.9. The van der Waals surface area contributed by atoms with Gasteiger partial charge in [0.25, 0.3) is 0 Å². The number of nitrogens with zero attached hydrogens (tertiary/aromatic N) is 1. The van der Waals surface area contributed by atoms with Gasteiger partial charge in [0, 0.05) is 47.7 Å². The van der Waals surface area contributed by atoms with Crippen LogP contribution in [0.2, 0.25) is 0 Å². The summed E-state index contributed by atoms with van der Waals surface area (Å²) < 4.78 is 53.8. The number of ether oxygens (including phenoxy) is 9. The largest absolute Gasteiger partial charge is 0.465 e. The van der Waals surface area contributed by atoms with Gasteiger partial charge >= 0.3 is 47.8 Å². The van der Waals surface area contributed by atoms with E-state index in [0.717, 1.165) is 55.4 Å². The predicted octanol–water partition coefficient (Wildman–Crippen LogP) is -0.0225. The average molecular weight is 822 g/mol. The van der Waals surface area contributed by atoms with Crippen molar-refractivity contribution in [1.29, 1.82) is 0 Å². The smallest absolute Gasteiger partial charge is 0.340 e. The summed E-state index contributed by atoms with van der Waals surface area (Å²) in [5, 5.41) is 25.0. The van der Waals surface area contributed by atoms with E-state index in [1.807, 2.05) is 0 Å². The molecule has 0 radical (unpaired) electrons. The molecule has 4 bridgehead atoms. The summed E-state index contributed by atoms with van der Waals surface area (Å²) in [7, 11) is 0. The van der Waals surface area contributed by atoms with E-state index in [2.05, 4.69) is 4.98 Å². The first-order valence-corrected chi connectivity index (χ1v) is 18.3. The quantitative estimate of drug-likeness (QED) is 0.270. The molecular formula is C38H47NO19. The van der Waals surface area contributed by atoms with E-state index >= 15 is 0 Å². The molecule has 1 spiro atoms. The lowest BCUT2D eigenvalue weighted by Crippen LogP contribution is -2.89. The molecule has 20 nitrogen and oxygen atoms in total. The summed E-state index contributed by atoms with van der Waals surface area (Å²) in [6, 6.07) is 2.81. The molecule has 2 N–H and O–H groups in total. The molecule has 2 aliphatic carbocycles. The van der Waals surface area contributed by atoms with Gasteiger partial charge in [0.05, 0.1) is 17.2 Å². The van der Waals surface area contributed by atoms with Gasteiger partial charge < -0.3 is 52.8 Å². The highest BCUT2D eigenvalue weighted by Crippen LogP contribution is 2.70. The van der Waals surface area contributed by atoms with Gasteiger partial charge in [-0.3, -0.25) is 33.8 Å². The minimum absolute atomic E-state index is 0.0880. The third-order valence-electron chi connectivity index (χ3n) is 11.2. The fraction of sp³-hybridized carbons (Fsp3) is 0.658. The normalized spacial score (nSPS) is 37.9. The van der Waals surface area contributed by atoms with Crippen LogP contribution < -0.4 is 0 Å². The monoisotopic (exact) mass is 821 g/mol. The molecule has 3 heterocycles. The SMILES string of the molecule is CC(=O)OC[C@@]12[C@@H](OC(C)=O)[C@@H](OC(C)=O)[C@H]3[C@@H](OC(C)=O)[C@]14O[C@]3(C)COC(=O)c1cccnc1CC[C@@](C)(O)C(=O)O[C@@H]([C@@H](OC(C)=O)[C@@H]2OC(C)=O)[C@]4(C)O. The van der Waals surface area contributed by atoms with Gasteiger partial charge in [-0.15, -0.1) is 0 Å². The summed E-state index contributed by atoms with van der Waals surface area (Å²) in [5.74, 6) is -10.4.